The first-order valence-corrected chi connectivity index (χ1v) is 20.4. The number of Topliss-reactive ketones (excluding diaryl/α,β-unsaturated/α-hetero) is 1. The van der Waals surface area contributed by atoms with E-state index in [9.17, 15) is 4.79 Å². The third-order valence-corrected chi connectivity index (χ3v) is 16.6. The first kappa shape index (κ1) is 36.0. The topological polar surface area (TPSA) is 17.1 Å². The van der Waals surface area contributed by atoms with Gasteiger partial charge in [0.25, 0.3) is 0 Å². The molecule has 1 fully saturated rings. The van der Waals surface area contributed by atoms with E-state index in [-0.39, 0.29) is 11.3 Å². The van der Waals surface area contributed by atoms with Crippen LogP contribution in [0.4, 0.5) is 0 Å². The minimum absolute atomic E-state index is 0.0466. The van der Waals surface area contributed by atoms with Crippen molar-refractivity contribution < 1.29 is 4.79 Å². The summed E-state index contributed by atoms with van der Waals surface area (Å²) in [5.41, 5.74) is 21.5. The Morgan fingerprint density at radius 1 is 0.469 bits per heavy atom. The predicted molar refractivity (Wildman–Crippen MR) is 219 cm³/mol. The normalized spacial score (nSPS) is 17.9. The number of hydrogen-bond donors (Lipinski definition) is 0. The summed E-state index contributed by atoms with van der Waals surface area (Å²) in [6, 6.07) is 24.3. The van der Waals surface area contributed by atoms with Crippen LogP contribution in [0.15, 0.2) is 75.7 Å². The van der Waals surface area contributed by atoms with Crippen LogP contribution in [-0.4, -0.2) is 5.78 Å². The Labute approximate surface area is 312 Å². The predicted octanol–water partition coefficient (Wildman–Crippen LogP) is 13.6. The van der Waals surface area contributed by atoms with Crippen molar-refractivity contribution in [2.45, 2.75) is 93.4 Å². The molecule has 1 nitrogen and oxygen atoms in total. The summed E-state index contributed by atoms with van der Waals surface area (Å²) in [7, 11) is -0.978. The van der Waals surface area contributed by atoms with Crippen LogP contribution in [0.3, 0.4) is 0 Å². The molecule has 0 saturated carbocycles. The molecule has 0 amide bonds. The van der Waals surface area contributed by atoms with Crippen LogP contribution in [0.2, 0.25) is 0 Å². The summed E-state index contributed by atoms with van der Waals surface area (Å²) in [5.74, 6) is 0.336. The van der Waals surface area contributed by atoms with Gasteiger partial charge in [-0.1, -0.05) is 94.4 Å². The van der Waals surface area contributed by atoms with E-state index >= 15 is 0 Å². The van der Waals surface area contributed by atoms with Crippen LogP contribution >= 0.6 is 39.8 Å². The lowest BCUT2D eigenvalue weighted by atomic mass is 9.83. The van der Waals surface area contributed by atoms with Crippen molar-refractivity contribution in [2.24, 2.45) is 0 Å². The Hall–Kier alpha value is -2.84. The molecule has 0 radical (unpaired) electrons. The third-order valence-electron chi connectivity index (χ3n) is 11.9. The molecule has 1 aliphatic rings. The highest BCUT2D eigenvalue weighted by atomic mass is 79.9. The van der Waals surface area contributed by atoms with Crippen LogP contribution in [0, 0.1) is 69.2 Å². The smallest absolute Gasteiger partial charge is 0.134 e. The molecule has 0 spiro atoms. The maximum atomic E-state index is 14.0. The van der Waals surface area contributed by atoms with Crippen molar-refractivity contribution in [2.75, 3.05) is 0 Å². The van der Waals surface area contributed by atoms with Crippen LogP contribution in [0.1, 0.15) is 90.9 Å². The molecular formula is C45H47Br2OP. The molecule has 2 unspecified atom stereocenters. The van der Waals surface area contributed by atoms with E-state index in [1.165, 1.54) is 94.3 Å². The Morgan fingerprint density at radius 3 is 1.14 bits per heavy atom. The molecule has 4 heteroatoms. The standard InChI is InChI=1S/C45H47Br2OP/c1-24-26(3)30(7)43(31(8)27(24)4)37-18-15-19-38(44-32(9)28(5)25(2)29(6)33(44)10)45(37)49-41(35-16-11-13-20-39(35)46)22-34(48)23-42(49)36-17-12-14-21-40(36)47/h11-21,41-42H,22-23H2,1-10H3. The lowest BCUT2D eigenvalue weighted by molar-refractivity contribution is -0.119. The molecule has 0 aliphatic carbocycles. The highest BCUT2D eigenvalue weighted by Gasteiger charge is 2.43. The molecule has 1 saturated heterocycles. The summed E-state index contributed by atoms with van der Waals surface area (Å²) in [5, 5.41) is 1.43. The van der Waals surface area contributed by atoms with E-state index in [1.807, 2.05) is 0 Å². The molecule has 0 N–H and O–H groups in total. The zero-order chi connectivity index (χ0) is 35.5. The minimum Gasteiger partial charge on any atom is -0.300 e. The van der Waals surface area contributed by atoms with Gasteiger partial charge < -0.3 is 0 Å². The summed E-state index contributed by atoms with van der Waals surface area (Å²) < 4.78 is 2.16. The number of rotatable bonds is 5. The van der Waals surface area contributed by atoms with E-state index in [4.69, 9.17) is 0 Å². The minimum atomic E-state index is -0.978. The maximum Gasteiger partial charge on any atom is 0.134 e. The molecule has 49 heavy (non-hydrogen) atoms. The van der Waals surface area contributed by atoms with E-state index in [2.05, 4.69) is 168 Å². The monoisotopic (exact) mass is 792 g/mol. The van der Waals surface area contributed by atoms with Gasteiger partial charge in [0.05, 0.1) is 0 Å². The van der Waals surface area contributed by atoms with Gasteiger partial charge in [-0.15, -0.1) is 0 Å². The average Bonchev–Trinajstić information content (AvgIpc) is 3.09. The fourth-order valence-electron chi connectivity index (χ4n) is 8.28. The molecular weight excluding hydrogens is 747 g/mol. The number of benzene rings is 5. The Balaban J connectivity index is 1.83. The first-order chi connectivity index (χ1) is 23.3. The van der Waals surface area contributed by atoms with E-state index in [0.29, 0.717) is 18.6 Å². The molecule has 0 bridgehead atoms. The van der Waals surface area contributed by atoms with Gasteiger partial charge in [0.2, 0.25) is 0 Å². The van der Waals surface area contributed by atoms with E-state index in [0.717, 1.165) is 8.95 Å². The second-order valence-corrected chi connectivity index (χ2v) is 18.3. The van der Waals surface area contributed by atoms with Crippen molar-refractivity contribution in [1.29, 1.82) is 0 Å². The van der Waals surface area contributed by atoms with Gasteiger partial charge in [0.1, 0.15) is 5.78 Å². The van der Waals surface area contributed by atoms with Crippen molar-refractivity contribution in [1.82, 2.24) is 0 Å². The van der Waals surface area contributed by atoms with Gasteiger partial charge in [-0.2, -0.15) is 0 Å². The number of carbonyl (C=O) groups is 1. The maximum absolute atomic E-state index is 14.0. The van der Waals surface area contributed by atoms with Crippen molar-refractivity contribution >= 4 is 50.9 Å². The van der Waals surface area contributed by atoms with Crippen LogP contribution < -0.4 is 5.30 Å². The van der Waals surface area contributed by atoms with E-state index in [1.54, 1.807) is 0 Å². The lowest BCUT2D eigenvalue weighted by Gasteiger charge is -2.42. The quantitative estimate of drug-likeness (QED) is 0.162. The van der Waals surface area contributed by atoms with Crippen molar-refractivity contribution in [3.8, 4) is 22.3 Å². The molecule has 5 aromatic rings. The number of ketones is 1. The Morgan fingerprint density at radius 2 is 0.796 bits per heavy atom. The second kappa shape index (κ2) is 14.1. The SMILES string of the molecule is Cc1c(C)c(C)c(-c2cccc(-c3c(C)c(C)c(C)c(C)c3C)c2P2C(c3ccccc3Br)CC(=O)CC2c2ccccc2Br)c(C)c1C. The molecule has 1 aliphatic heterocycles. The molecule has 2 atom stereocenters. The molecule has 252 valence electrons. The molecule has 5 aromatic carbocycles. The fraction of sp³-hybridized carbons (Fsp3) is 0.311. The number of halogens is 2. The highest BCUT2D eigenvalue weighted by Crippen LogP contribution is 2.69. The summed E-state index contributed by atoms with van der Waals surface area (Å²) in [4.78, 5) is 14.0. The summed E-state index contributed by atoms with van der Waals surface area (Å²) in [6.07, 6.45) is 1.08. The van der Waals surface area contributed by atoms with Gasteiger partial charge in [-0.25, -0.2) is 0 Å². The third kappa shape index (κ3) is 6.13. The largest absolute Gasteiger partial charge is 0.300 e. The summed E-state index contributed by atoms with van der Waals surface area (Å²) in [6.45, 7) is 22.9. The van der Waals surface area contributed by atoms with Crippen molar-refractivity contribution in [3.63, 3.8) is 0 Å². The van der Waals surface area contributed by atoms with Gasteiger partial charge in [0, 0.05) is 33.1 Å². The highest BCUT2D eigenvalue weighted by molar-refractivity contribution is 9.10. The number of hydrogen-bond acceptors (Lipinski definition) is 1. The Bertz CT molecular complexity index is 1940. The summed E-state index contributed by atoms with van der Waals surface area (Å²) >= 11 is 7.92. The van der Waals surface area contributed by atoms with Gasteiger partial charge in [-0.05, 0) is 176 Å². The van der Waals surface area contributed by atoms with Gasteiger partial charge in [-0.3, -0.25) is 4.79 Å². The van der Waals surface area contributed by atoms with Gasteiger partial charge in [0.15, 0.2) is 0 Å². The Kier molecular flexibility index (Phi) is 10.3. The van der Waals surface area contributed by atoms with Crippen LogP contribution in [-0.2, 0) is 4.79 Å². The molecule has 6 rings (SSSR count). The fourth-order valence-corrected chi connectivity index (χ4v) is 13.6. The lowest BCUT2D eigenvalue weighted by Crippen LogP contribution is -2.26. The molecule has 0 aromatic heterocycles. The van der Waals surface area contributed by atoms with Gasteiger partial charge >= 0.3 is 0 Å². The zero-order valence-corrected chi connectivity index (χ0v) is 34.6. The van der Waals surface area contributed by atoms with Crippen LogP contribution in [0.25, 0.3) is 22.3 Å². The number of carbonyl (C=O) groups excluding carboxylic acids is 1. The van der Waals surface area contributed by atoms with Crippen molar-refractivity contribution in [3.05, 3.63) is 142 Å². The molecule has 1 heterocycles. The average molecular weight is 795 g/mol. The second-order valence-electron chi connectivity index (χ2n) is 14.1. The first-order valence-electron chi connectivity index (χ1n) is 17.3. The van der Waals surface area contributed by atoms with E-state index < -0.39 is 7.92 Å². The van der Waals surface area contributed by atoms with Crippen LogP contribution in [0.5, 0.6) is 0 Å². The zero-order valence-electron chi connectivity index (χ0n) is 30.5.